The third-order valence-electron chi connectivity index (χ3n) is 6.56. The second-order valence-electron chi connectivity index (χ2n) is 10.4. The Morgan fingerprint density at radius 2 is 0.894 bits per heavy atom. The van der Waals surface area contributed by atoms with E-state index in [9.17, 15) is 9.59 Å². The van der Waals surface area contributed by atoms with Crippen LogP contribution in [0.25, 0.3) is 21.8 Å². The molecule has 2 heterocycles. The van der Waals surface area contributed by atoms with Gasteiger partial charge in [0, 0.05) is 13.8 Å². The van der Waals surface area contributed by atoms with E-state index in [1.165, 1.54) is 0 Å². The molecule has 2 aromatic heterocycles. The number of hydrogen-bond acceptors (Lipinski definition) is 4. The quantitative estimate of drug-likeness (QED) is 0.0660. The summed E-state index contributed by atoms with van der Waals surface area (Å²) in [5, 5.41) is 2.13. The Morgan fingerprint density at radius 3 is 1.28 bits per heavy atom. The SMILES string of the molecule is CC(=[OH+])CC(=[OH+])c1ccccc1.CC(=[OH+])CC(=[OH+])c1ccccc1.c1cnc2c([O][Sn][O]c3cccc4cccnc34)cccc2c1. The summed E-state index contributed by atoms with van der Waals surface area (Å²) in [4.78, 5) is 45.5. The van der Waals surface area contributed by atoms with E-state index >= 15 is 0 Å². The number of aromatic nitrogens is 2. The first-order valence-corrected chi connectivity index (χ1v) is 17.1. The van der Waals surface area contributed by atoms with Gasteiger partial charge >= 0.3 is 168 Å². The van der Waals surface area contributed by atoms with Crippen molar-refractivity contribution in [2.75, 3.05) is 0 Å². The van der Waals surface area contributed by atoms with Gasteiger partial charge < -0.3 is 0 Å². The van der Waals surface area contributed by atoms with Gasteiger partial charge in [-0.25, -0.2) is 0 Å². The van der Waals surface area contributed by atoms with Crippen molar-refractivity contribution in [2.45, 2.75) is 26.7 Å². The molecule has 47 heavy (non-hydrogen) atoms. The molecule has 0 spiro atoms. The number of hydrogen-bond donors (Lipinski definition) is 0. The molecule has 0 aliphatic heterocycles. The van der Waals surface area contributed by atoms with Gasteiger partial charge in [-0.2, -0.15) is 0 Å². The zero-order valence-corrected chi connectivity index (χ0v) is 29.0. The molecule has 0 saturated carbocycles. The van der Waals surface area contributed by atoms with Crippen LogP contribution < -0.4 is 6.15 Å². The van der Waals surface area contributed by atoms with E-state index in [0.29, 0.717) is 0 Å². The van der Waals surface area contributed by atoms with Crippen LogP contribution in [-0.2, 0) is 0 Å². The van der Waals surface area contributed by atoms with Crippen molar-refractivity contribution in [2.24, 2.45) is 0 Å². The van der Waals surface area contributed by atoms with E-state index in [4.69, 9.17) is 15.7 Å². The number of benzene rings is 4. The topological polar surface area (TPSA) is 130 Å². The van der Waals surface area contributed by atoms with Crippen molar-refractivity contribution in [3.8, 4) is 11.5 Å². The van der Waals surface area contributed by atoms with Gasteiger partial charge in [-0.3, -0.25) is 19.2 Å². The third kappa shape index (κ3) is 11.0. The summed E-state index contributed by atoms with van der Waals surface area (Å²) in [5.74, 6) is 2.41. The monoisotopic (exact) mass is 736 g/mol. The molecule has 6 rings (SSSR count). The first-order valence-electron chi connectivity index (χ1n) is 14.8. The summed E-state index contributed by atoms with van der Waals surface area (Å²) in [5.41, 5.74) is 3.25. The molecule has 0 aliphatic carbocycles. The Balaban J connectivity index is 0.000000177. The van der Waals surface area contributed by atoms with E-state index < -0.39 is 22.0 Å². The van der Waals surface area contributed by atoms with Crippen LogP contribution in [0.3, 0.4) is 0 Å². The van der Waals surface area contributed by atoms with Gasteiger partial charge in [0.1, 0.15) is 0 Å². The fourth-order valence-corrected chi connectivity index (χ4v) is 5.95. The fraction of sp³-hybridized carbons (Fsp3) is 0.105. The minimum absolute atomic E-state index is 0.204. The minimum atomic E-state index is -1.54. The van der Waals surface area contributed by atoms with Crippen molar-refractivity contribution in [3.63, 3.8) is 0 Å². The number of pyridine rings is 2. The Kier molecular flexibility index (Phi) is 13.3. The van der Waals surface area contributed by atoms with Gasteiger partial charge in [0.05, 0.1) is 11.1 Å². The molecular formula is C38H36N2O6Sn+4. The average Bonchev–Trinajstić information content (AvgIpc) is 3.09. The third-order valence-corrected chi connectivity index (χ3v) is 8.29. The number of carbonyl (C=O) groups excluding carboxylic acids is 4. The molecule has 0 aliphatic rings. The maximum atomic E-state index is 9.43. The Hall–Kier alpha value is -5.22. The number of nitrogens with zero attached hydrogens (tertiary/aromatic N) is 2. The summed E-state index contributed by atoms with van der Waals surface area (Å²) < 4.78 is 11.9. The van der Waals surface area contributed by atoms with Gasteiger partial charge in [0.15, 0.2) is 12.8 Å². The average molecular weight is 735 g/mol. The maximum absolute atomic E-state index is 9.43. The van der Waals surface area contributed by atoms with Crippen LogP contribution in [-0.4, -0.2) is 74.2 Å². The summed E-state index contributed by atoms with van der Waals surface area (Å²) in [6.07, 6.45) is 4.00. The molecule has 0 fully saturated rings. The first-order chi connectivity index (χ1) is 22.8. The van der Waals surface area contributed by atoms with Crippen molar-refractivity contribution in [1.82, 2.24) is 9.97 Å². The standard InChI is InChI=1S/2C10H10O2.2C9H7NO.Sn/c2*1-8(11)7-10(12)9-5-3-2-4-6-9;2*11-8-5-1-3-7-4-2-6-10-9(7)8;/h2*2-6H,7H2,1H3;2*1-6,11H;/q;;;;+2/p+2. The van der Waals surface area contributed by atoms with Gasteiger partial charge in [-0.05, 0) is 24.3 Å². The zero-order valence-electron chi connectivity index (χ0n) is 26.1. The second-order valence-corrected chi connectivity index (χ2v) is 12.0. The van der Waals surface area contributed by atoms with Gasteiger partial charge in [-0.1, -0.05) is 36.4 Å². The summed E-state index contributed by atoms with van der Waals surface area (Å²) in [6.45, 7) is 3.14. The molecule has 0 unspecified atom stereocenters. The molecular weight excluding hydrogens is 699 g/mol. The van der Waals surface area contributed by atoms with E-state index in [-0.39, 0.29) is 36.0 Å². The van der Waals surface area contributed by atoms with E-state index in [0.717, 1.165) is 44.4 Å². The van der Waals surface area contributed by atoms with Crippen LogP contribution in [0.4, 0.5) is 0 Å². The van der Waals surface area contributed by atoms with E-state index in [1.807, 2.05) is 97.1 Å². The van der Waals surface area contributed by atoms with Gasteiger partial charge in [0.25, 0.3) is 0 Å². The Morgan fingerprint density at radius 1 is 0.511 bits per heavy atom. The van der Waals surface area contributed by atoms with Crippen LogP contribution in [0.15, 0.2) is 134 Å². The second kappa shape index (κ2) is 18.1. The molecule has 9 heteroatoms. The van der Waals surface area contributed by atoms with Crippen LogP contribution in [0.1, 0.15) is 37.8 Å². The first kappa shape index (κ1) is 34.6. The zero-order chi connectivity index (χ0) is 33.4. The molecule has 2 radical (unpaired) electrons. The molecule has 0 bridgehead atoms. The molecule has 0 atom stereocenters. The Labute approximate surface area is 284 Å². The predicted molar refractivity (Wildman–Crippen MR) is 190 cm³/mol. The number of para-hydroxylation sites is 2. The van der Waals surface area contributed by atoms with Crippen LogP contribution in [0.5, 0.6) is 11.5 Å². The predicted octanol–water partition coefficient (Wildman–Crippen LogP) is 6.84. The molecule has 4 N–H and O–H groups in total. The molecule has 4 aromatic carbocycles. The molecule has 0 saturated heterocycles. The van der Waals surface area contributed by atoms with Crippen molar-refractivity contribution < 1.29 is 25.3 Å². The summed E-state index contributed by atoms with van der Waals surface area (Å²) >= 11 is -1.54. The van der Waals surface area contributed by atoms with Crippen molar-refractivity contribution >= 4 is 66.9 Å². The Bertz CT molecular complexity index is 1810. The van der Waals surface area contributed by atoms with Crippen LogP contribution in [0.2, 0.25) is 0 Å². The number of fused-ring (bicyclic) bond motifs is 2. The number of ketones is 4. The van der Waals surface area contributed by atoms with Crippen molar-refractivity contribution in [1.29, 1.82) is 0 Å². The van der Waals surface area contributed by atoms with Crippen LogP contribution >= 0.6 is 0 Å². The van der Waals surface area contributed by atoms with Gasteiger partial charge in [-0.15, -0.1) is 0 Å². The number of rotatable bonds is 10. The summed E-state index contributed by atoms with van der Waals surface area (Å²) in [7, 11) is 0. The molecule has 234 valence electrons. The van der Waals surface area contributed by atoms with E-state index in [2.05, 4.69) is 9.97 Å². The van der Waals surface area contributed by atoms with E-state index in [1.54, 1.807) is 50.5 Å². The molecule has 6 aromatic rings. The molecule has 0 amide bonds. The molecule has 8 nitrogen and oxygen atoms in total. The fourth-order valence-electron chi connectivity index (χ4n) is 4.38. The normalized spacial score (nSPS) is 10.1. The summed E-state index contributed by atoms with van der Waals surface area (Å²) in [6, 6.07) is 38.1. The van der Waals surface area contributed by atoms with Crippen LogP contribution in [0, 0.1) is 0 Å². The van der Waals surface area contributed by atoms with Gasteiger partial charge in [0.2, 0.25) is 0 Å². The van der Waals surface area contributed by atoms with Crippen molar-refractivity contribution in [3.05, 3.63) is 145 Å².